The summed E-state index contributed by atoms with van der Waals surface area (Å²) >= 11 is 0. The Morgan fingerprint density at radius 1 is 1.38 bits per heavy atom. The Kier molecular flexibility index (Phi) is 7.52. The van der Waals surface area contributed by atoms with Crippen LogP contribution in [0.25, 0.3) is 0 Å². The Bertz CT molecular complexity index is 483. The maximum atomic E-state index is 12.2. The molecule has 2 N–H and O–H groups in total. The number of amides is 1. The summed E-state index contributed by atoms with van der Waals surface area (Å²) < 4.78 is 24.1. The predicted molar refractivity (Wildman–Crippen MR) is 74.2 cm³/mol. The molecule has 0 bridgehead atoms. The zero-order valence-electron chi connectivity index (χ0n) is 12.2. The summed E-state index contributed by atoms with van der Waals surface area (Å²) in [5.74, 6) is -0.710. The number of unbranched alkanes of at least 4 members (excludes halogenated alkanes) is 1. The molecule has 0 aliphatic carbocycles. The lowest BCUT2D eigenvalue weighted by Crippen LogP contribution is -2.18. The van der Waals surface area contributed by atoms with Gasteiger partial charge in [-0.05, 0) is 26.7 Å². The van der Waals surface area contributed by atoms with E-state index in [1.807, 2.05) is 0 Å². The minimum Gasteiger partial charge on any atom is -0.309 e. The van der Waals surface area contributed by atoms with Gasteiger partial charge in [-0.3, -0.25) is 19.2 Å². The van der Waals surface area contributed by atoms with Crippen LogP contribution in [0.15, 0.2) is 6.20 Å². The van der Waals surface area contributed by atoms with Gasteiger partial charge in [0, 0.05) is 6.54 Å². The van der Waals surface area contributed by atoms with E-state index in [4.69, 9.17) is 14.3 Å². The van der Waals surface area contributed by atoms with Crippen molar-refractivity contribution in [2.45, 2.75) is 33.2 Å². The van der Waals surface area contributed by atoms with E-state index in [2.05, 4.69) is 10.3 Å². The summed E-state index contributed by atoms with van der Waals surface area (Å²) in [6, 6.07) is 0. The Hall–Kier alpha value is -1.28. The molecular formula is C11H21N4O5P. The first-order valence-corrected chi connectivity index (χ1v) is 8.50. The van der Waals surface area contributed by atoms with Gasteiger partial charge in [-0.25, -0.2) is 5.48 Å². The molecule has 1 rings (SSSR count). The molecule has 0 spiro atoms. The van der Waals surface area contributed by atoms with Gasteiger partial charge < -0.3 is 9.05 Å². The fourth-order valence-corrected chi connectivity index (χ4v) is 3.44. The number of aromatic nitrogens is 3. The Morgan fingerprint density at radius 2 is 2.05 bits per heavy atom. The lowest BCUT2D eigenvalue weighted by molar-refractivity contribution is 0.0700. The second-order valence-corrected chi connectivity index (χ2v) is 6.37. The average Bonchev–Trinajstić information content (AvgIpc) is 2.92. The van der Waals surface area contributed by atoms with E-state index in [0.29, 0.717) is 38.8 Å². The van der Waals surface area contributed by atoms with Crippen molar-refractivity contribution in [1.29, 1.82) is 0 Å². The van der Waals surface area contributed by atoms with Gasteiger partial charge in [0.1, 0.15) is 0 Å². The molecule has 0 aliphatic rings. The molecule has 0 aliphatic heterocycles. The number of hydrogen-bond acceptors (Lipinski definition) is 7. The molecule has 1 heterocycles. The Balaban J connectivity index is 2.37. The molecular weight excluding hydrogens is 299 g/mol. The Morgan fingerprint density at radius 3 is 2.62 bits per heavy atom. The number of rotatable bonds is 10. The monoisotopic (exact) mass is 320 g/mol. The number of hydroxylamine groups is 1. The number of carbonyl (C=O) groups excluding carboxylic acids is 1. The fraction of sp³-hybridized carbons (Fsp3) is 0.727. The van der Waals surface area contributed by atoms with Crippen molar-refractivity contribution < 1.29 is 23.6 Å². The molecule has 0 saturated heterocycles. The highest BCUT2D eigenvalue weighted by Crippen LogP contribution is 2.48. The zero-order chi connectivity index (χ0) is 15.7. The molecule has 0 fully saturated rings. The molecule has 0 atom stereocenters. The summed E-state index contributed by atoms with van der Waals surface area (Å²) in [5.41, 5.74) is 1.52. The van der Waals surface area contributed by atoms with E-state index >= 15 is 0 Å². The van der Waals surface area contributed by atoms with Crippen molar-refractivity contribution in [1.82, 2.24) is 20.5 Å². The molecule has 1 amide bonds. The summed E-state index contributed by atoms with van der Waals surface area (Å²) in [4.78, 5) is 11.1. The van der Waals surface area contributed by atoms with Gasteiger partial charge in [-0.15, -0.1) is 5.10 Å². The Labute approximate surface area is 123 Å². The predicted octanol–water partition coefficient (Wildman–Crippen LogP) is 1.44. The van der Waals surface area contributed by atoms with Crippen molar-refractivity contribution in [3.8, 4) is 0 Å². The first-order valence-electron chi connectivity index (χ1n) is 6.77. The average molecular weight is 320 g/mol. The van der Waals surface area contributed by atoms with Crippen molar-refractivity contribution in [3.05, 3.63) is 11.9 Å². The smallest absolute Gasteiger partial charge is 0.309 e. The van der Waals surface area contributed by atoms with Crippen molar-refractivity contribution >= 4 is 13.5 Å². The van der Waals surface area contributed by atoms with Gasteiger partial charge in [0.2, 0.25) is 0 Å². The molecule has 1 aromatic heterocycles. The summed E-state index contributed by atoms with van der Waals surface area (Å²) in [6.07, 6.45) is 3.09. The maximum Gasteiger partial charge on any atom is 0.330 e. The molecule has 10 heteroatoms. The van der Waals surface area contributed by atoms with Gasteiger partial charge in [0.15, 0.2) is 5.69 Å². The van der Waals surface area contributed by atoms with Crippen molar-refractivity contribution in [2.75, 3.05) is 19.4 Å². The number of nitrogens with one attached hydrogen (secondary N) is 1. The van der Waals surface area contributed by atoms with Gasteiger partial charge in [-0.2, -0.15) is 0 Å². The van der Waals surface area contributed by atoms with Crippen LogP contribution in [-0.2, 0) is 20.2 Å². The molecule has 0 radical (unpaired) electrons. The summed E-state index contributed by atoms with van der Waals surface area (Å²) in [6.45, 7) is 4.76. The van der Waals surface area contributed by atoms with Crippen LogP contribution in [-0.4, -0.2) is 45.5 Å². The first-order chi connectivity index (χ1) is 10.0. The van der Waals surface area contributed by atoms with Gasteiger partial charge in [-0.1, -0.05) is 5.21 Å². The highest BCUT2D eigenvalue weighted by molar-refractivity contribution is 7.53. The molecule has 120 valence electrons. The molecule has 0 aromatic carbocycles. The standard InChI is InChI=1S/C11H21N4O5P/c1-3-19-21(18,20-4-2)8-6-5-7-15-9-10(12-14-15)11(16)13-17/h9,17H,3-8H2,1-2H3,(H,13,16). The van der Waals surface area contributed by atoms with E-state index in [1.54, 1.807) is 13.8 Å². The molecule has 0 saturated carbocycles. The third-order valence-corrected chi connectivity index (χ3v) is 4.76. The van der Waals surface area contributed by atoms with Gasteiger partial charge in [0.05, 0.1) is 25.6 Å². The lowest BCUT2D eigenvalue weighted by Gasteiger charge is -2.16. The van der Waals surface area contributed by atoms with Crippen LogP contribution in [0.4, 0.5) is 0 Å². The van der Waals surface area contributed by atoms with Crippen molar-refractivity contribution in [2.24, 2.45) is 0 Å². The SMILES string of the molecule is CCOP(=O)(CCCCn1cc(C(=O)NO)nn1)OCC. The second kappa shape index (κ2) is 8.89. The molecule has 1 aromatic rings. The molecule has 0 unspecified atom stereocenters. The minimum absolute atomic E-state index is 0.0341. The first kappa shape index (κ1) is 17.8. The van der Waals surface area contributed by atoms with E-state index in [-0.39, 0.29) is 5.69 Å². The number of nitrogens with zero attached hydrogens (tertiary/aromatic N) is 3. The highest BCUT2D eigenvalue weighted by atomic mass is 31.2. The van der Waals surface area contributed by atoms with Crippen LogP contribution in [0.5, 0.6) is 0 Å². The third kappa shape index (κ3) is 5.92. The number of aryl methyl sites for hydroxylation is 1. The zero-order valence-corrected chi connectivity index (χ0v) is 13.1. The normalized spacial score (nSPS) is 11.6. The largest absolute Gasteiger partial charge is 0.330 e. The van der Waals surface area contributed by atoms with Crippen LogP contribution in [0, 0.1) is 0 Å². The maximum absolute atomic E-state index is 12.2. The lowest BCUT2D eigenvalue weighted by atomic mass is 10.3. The van der Waals surface area contributed by atoms with E-state index in [1.165, 1.54) is 16.4 Å². The molecule has 21 heavy (non-hydrogen) atoms. The third-order valence-electron chi connectivity index (χ3n) is 2.59. The van der Waals surface area contributed by atoms with Crippen molar-refractivity contribution in [3.63, 3.8) is 0 Å². The van der Waals surface area contributed by atoms with Gasteiger partial charge in [0.25, 0.3) is 5.91 Å². The van der Waals surface area contributed by atoms with Gasteiger partial charge >= 0.3 is 7.60 Å². The van der Waals surface area contributed by atoms with Crippen LogP contribution in [0.1, 0.15) is 37.2 Å². The fourth-order valence-electron chi connectivity index (χ4n) is 1.71. The van der Waals surface area contributed by atoms with E-state index in [9.17, 15) is 9.36 Å². The number of carbonyl (C=O) groups is 1. The van der Waals surface area contributed by atoms with Crippen LogP contribution in [0.3, 0.4) is 0 Å². The van der Waals surface area contributed by atoms with E-state index in [0.717, 1.165) is 0 Å². The number of hydrogen-bond donors (Lipinski definition) is 2. The summed E-state index contributed by atoms with van der Waals surface area (Å²) in [5, 5.41) is 15.8. The van der Waals surface area contributed by atoms with Crippen LogP contribution >= 0.6 is 7.60 Å². The van der Waals surface area contributed by atoms with Crippen LogP contribution in [0.2, 0.25) is 0 Å². The summed E-state index contributed by atoms with van der Waals surface area (Å²) in [7, 11) is -3.00. The topological polar surface area (TPSA) is 116 Å². The quantitative estimate of drug-likeness (QED) is 0.290. The highest BCUT2D eigenvalue weighted by Gasteiger charge is 2.22. The second-order valence-electron chi connectivity index (χ2n) is 4.18. The molecule has 9 nitrogen and oxygen atoms in total. The van der Waals surface area contributed by atoms with E-state index < -0.39 is 13.5 Å². The van der Waals surface area contributed by atoms with Crippen LogP contribution < -0.4 is 5.48 Å². The minimum atomic E-state index is -3.00.